The molecule has 0 saturated heterocycles. The van der Waals surface area contributed by atoms with Gasteiger partial charge in [0, 0.05) is 29.5 Å². The van der Waals surface area contributed by atoms with Crippen LogP contribution >= 0.6 is 34.4 Å². The van der Waals surface area contributed by atoms with Gasteiger partial charge in [-0.1, -0.05) is 6.07 Å². The third kappa shape index (κ3) is 3.35. The summed E-state index contributed by atoms with van der Waals surface area (Å²) in [6.45, 7) is 0. The number of aromatic nitrogens is 4. The van der Waals surface area contributed by atoms with Crippen LogP contribution in [-0.4, -0.2) is 24.7 Å². The van der Waals surface area contributed by atoms with Crippen molar-refractivity contribution in [1.29, 1.82) is 0 Å². The van der Waals surface area contributed by atoms with Crippen molar-refractivity contribution in [2.24, 2.45) is 0 Å². The summed E-state index contributed by atoms with van der Waals surface area (Å²) in [5, 5.41) is 22.7. The highest BCUT2D eigenvalue weighted by molar-refractivity contribution is 8.01. The molecule has 136 valence electrons. The number of nitrogens with zero attached hydrogens (tertiary/aromatic N) is 5. The highest BCUT2D eigenvalue weighted by Crippen LogP contribution is 2.42. The summed E-state index contributed by atoms with van der Waals surface area (Å²) in [5.74, 6) is 0.985. The number of hydrogen-bond donors (Lipinski definition) is 0. The van der Waals surface area contributed by atoms with Crippen LogP contribution in [0.5, 0.6) is 0 Å². The van der Waals surface area contributed by atoms with Gasteiger partial charge in [-0.25, -0.2) is 4.98 Å². The molecule has 0 bridgehead atoms. The monoisotopic (exact) mass is 415 g/mol. The molecule has 0 spiro atoms. The van der Waals surface area contributed by atoms with Crippen molar-refractivity contribution in [3.63, 3.8) is 0 Å². The smallest absolute Gasteiger partial charge is 0.270 e. The van der Waals surface area contributed by atoms with Crippen LogP contribution in [0.3, 0.4) is 0 Å². The molecule has 1 aromatic carbocycles. The van der Waals surface area contributed by atoms with Crippen molar-refractivity contribution in [1.82, 2.24) is 19.7 Å². The van der Waals surface area contributed by atoms with Crippen LogP contribution in [-0.2, 0) is 6.42 Å². The average Bonchev–Trinajstić information content (AvgIpc) is 3.06. The van der Waals surface area contributed by atoms with Crippen molar-refractivity contribution < 1.29 is 4.92 Å². The Kier molecular flexibility index (Phi) is 4.18. The molecule has 1 saturated carbocycles. The average molecular weight is 416 g/mol. The highest BCUT2D eigenvalue weighted by atomic mass is 32.2. The third-order valence-corrected chi connectivity index (χ3v) is 7.22. The van der Waals surface area contributed by atoms with E-state index in [0.717, 1.165) is 44.8 Å². The second kappa shape index (κ2) is 6.70. The van der Waals surface area contributed by atoms with Crippen LogP contribution in [0.1, 0.15) is 29.6 Å². The number of thiazole rings is 1. The molecule has 1 aliphatic rings. The predicted molar refractivity (Wildman–Crippen MR) is 106 cm³/mol. The molecule has 7 nitrogen and oxygen atoms in total. The lowest BCUT2D eigenvalue weighted by Crippen LogP contribution is -2.03. The molecule has 4 aromatic rings. The minimum atomic E-state index is -0.382. The fraction of sp³-hybridized carbons (Fsp3) is 0.235. The molecule has 3 aromatic heterocycles. The number of rotatable bonds is 6. The van der Waals surface area contributed by atoms with Crippen molar-refractivity contribution in [3.05, 3.63) is 56.5 Å². The fourth-order valence-corrected chi connectivity index (χ4v) is 5.72. The van der Waals surface area contributed by atoms with Crippen molar-refractivity contribution in [2.75, 3.05) is 0 Å². The standard InChI is InChI=1S/C17H13N5O2S3/c23-22(24)11-5-6-13-14(8-11)26-17(18-13)27-16-20-19-15(21(16)10-3-4-10)9-12-2-1-7-25-12/h1-2,5-8,10H,3-4,9H2. The van der Waals surface area contributed by atoms with Crippen LogP contribution in [0.15, 0.2) is 45.2 Å². The summed E-state index contributed by atoms with van der Waals surface area (Å²) < 4.78 is 3.87. The maximum Gasteiger partial charge on any atom is 0.270 e. The van der Waals surface area contributed by atoms with Crippen LogP contribution < -0.4 is 0 Å². The fourth-order valence-electron chi connectivity index (χ4n) is 2.89. The van der Waals surface area contributed by atoms with Crippen molar-refractivity contribution >= 4 is 50.3 Å². The van der Waals surface area contributed by atoms with E-state index in [9.17, 15) is 10.1 Å². The molecular weight excluding hydrogens is 402 g/mol. The van der Waals surface area contributed by atoms with Gasteiger partial charge in [0.15, 0.2) is 9.50 Å². The maximum absolute atomic E-state index is 11.0. The summed E-state index contributed by atoms with van der Waals surface area (Å²) in [4.78, 5) is 16.4. The Morgan fingerprint density at radius 2 is 2.19 bits per heavy atom. The predicted octanol–water partition coefficient (Wildman–Crippen LogP) is 4.93. The Hall–Kier alpha value is -2.30. The molecule has 5 rings (SSSR count). The van der Waals surface area contributed by atoms with Gasteiger partial charge in [-0.3, -0.25) is 10.1 Å². The van der Waals surface area contributed by atoms with E-state index in [1.54, 1.807) is 23.5 Å². The van der Waals surface area contributed by atoms with Gasteiger partial charge < -0.3 is 4.57 Å². The second-order valence-corrected chi connectivity index (χ2v) is 9.52. The largest absolute Gasteiger partial charge is 0.302 e. The van der Waals surface area contributed by atoms with Crippen molar-refractivity contribution in [3.8, 4) is 0 Å². The molecule has 10 heteroatoms. The first-order valence-electron chi connectivity index (χ1n) is 8.36. The molecule has 0 aliphatic heterocycles. The number of nitro groups is 1. The third-order valence-electron chi connectivity index (χ3n) is 4.30. The zero-order valence-electron chi connectivity index (χ0n) is 13.9. The van der Waals surface area contributed by atoms with Crippen LogP contribution in [0.4, 0.5) is 5.69 Å². The number of benzene rings is 1. The Morgan fingerprint density at radius 3 is 2.93 bits per heavy atom. The maximum atomic E-state index is 11.0. The number of fused-ring (bicyclic) bond motifs is 1. The van der Waals surface area contributed by atoms with E-state index in [1.165, 1.54) is 34.0 Å². The summed E-state index contributed by atoms with van der Waals surface area (Å²) in [7, 11) is 0. The quantitative estimate of drug-likeness (QED) is 0.328. The molecule has 0 amide bonds. The summed E-state index contributed by atoms with van der Waals surface area (Å²) in [5.41, 5.74) is 0.853. The van der Waals surface area contributed by atoms with E-state index in [1.807, 2.05) is 6.07 Å². The van der Waals surface area contributed by atoms with Gasteiger partial charge in [0.1, 0.15) is 5.82 Å². The van der Waals surface area contributed by atoms with Crippen molar-refractivity contribution in [2.45, 2.75) is 34.8 Å². The Bertz CT molecular complexity index is 1130. The topological polar surface area (TPSA) is 86.7 Å². The van der Waals surface area contributed by atoms with Gasteiger partial charge in [0.25, 0.3) is 5.69 Å². The van der Waals surface area contributed by atoms with Gasteiger partial charge >= 0.3 is 0 Å². The number of thiophene rings is 1. The zero-order chi connectivity index (χ0) is 18.4. The van der Waals surface area contributed by atoms with Gasteiger partial charge in [0.2, 0.25) is 0 Å². The Labute approximate surface area is 166 Å². The van der Waals surface area contributed by atoms with Crippen LogP contribution in [0, 0.1) is 10.1 Å². The number of non-ortho nitro benzene ring substituents is 1. The van der Waals surface area contributed by atoms with Crippen LogP contribution in [0.25, 0.3) is 10.2 Å². The van der Waals surface area contributed by atoms with Gasteiger partial charge in [-0.2, -0.15) is 0 Å². The molecule has 3 heterocycles. The minimum absolute atomic E-state index is 0.0853. The van der Waals surface area contributed by atoms with E-state index >= 15 is 0 Å². The lowest BCUT2D eigenvalue weighted by atomic mass is 10.3. The Morgan fingerprint density at radius 1 is 1.30 bits per heavy atom. The van der Waals surface area contributed by atoms with Gasteiger partial charge in [-0.15, -0.1) is 32.9 Å². The number of nitro benzene ring substituents is 1. The normalized spacial score (nSPS) is 14.1. The van der Waals surface area contributed by atoms with E-state index in [2.05, 4.69) is 31.2 Å². The minimum Gasteiger partial charge on any atom is -0.302 e. The lowest BCUT2D eigenvalue weighted by Gasteiger charge is -2.06. The zero-order valence-corrected chi connectivity index (χ0v) is 16.4. The summed E-state index contributed by atoms with van der Waals surface area (Å²) >= 11 is 4.66. The SMILES string of the molecule is O=[N+]([O-])c1ccc2nc(Sc3nnc(Cc4cccs4)n3C3CC3)sc2c1. The highest BCUT2D eigenvalue weighted by Gasteiger charge is 2.30. The molecule has 27 heavy (non-hydrogen) atoms. The van der Waals surface area contributed by atoms with E-state index in [-0.39, 0.29) is 10.6 Å². The van der Waals surface area contributed by atoms with Crippen LogP contribution in [0.2, 0.25) is 0 Å². The van der Waals surface area contributed by atoms with E-state index < -0.39 is 0 Å². The first-order chi connectivity index (χ1) is 13.2. The first kappa shape index (κ1) is 16.8. The first-order valence-corrected chi connectivity index (χ1v) is 10.9. The molecule has 0 atom stereocenters. The molecular formula is C17H13N5O2S3. The van der Waals surface area contributed by atoms with Gasteiger partial charge in [0.05, 0.1) is 15.1 Å². The molecule has 1 aliphatic carbocycles. The van der Waals surface area contributed by atoms with E-state index in [0.29, 0.717) is 6.04 Å². The van der Waals surface area contributed by atoms with E-state index in [4.69, 9.17) is 0 Å². The molecule has 1 fully saturated rings. The molecule has 0 N–H and O–H groups in total. The summed E-state index contributed by atoms with van der Waals surface area (Å²) in [6.07, 6.45) is 3.08. The Balaban J connectivity index is 1.46. The summed E-state index contributed by atoms with van der Waals surface area (Å²) in [6, 6.07) is 9.39. The second-order valence-electron chi connectivity index (χ2n) is 6.25. The molecule has 0 radical (unpaired) electrons. The number of hydrogen-bond acceptors (Lipinski definition) is 8. The van der Waals surface area contributed by atoms with Gasteiger partial charge in [-0.05, 0) is 42.1 Å². The lowest BCUT2D eigenvalue weighted by molar-refractivity contribution is -0.384. The molecule has 0 unspecified atom stereocenters.